The van der Waals surface area contributed by atoms with Crippen molar-refractivity contribution in [2.45, 2.75) is 38.1 Å². The maximum Gasteiger partial charge on any atom is 0.254 e. The molecule has 6 heteroatoms. The summed E-state index contributed by atoms with van der Waals surface area (Å²) in [4.78, 5) is 42.1. The number of carbonyl (C=O) groups excluding carboxylic acids is 3. The van der Waals surface area contributed by atoms with Crippen LogP contribution in [0.15, 0.2) is 24.3 Å². The molecule has 0 bridgehead atoms. The molecule has 2 aliphatic rings. The second-order valence-corrected chi connectivity index (χ2v) is 6.94. The molecule has 2 aliphatic heterocycles. The first kappa shape index (κ1) is 17.5. The van der Waals surface area contributed by atoms with E-state index in [0.29, 0.717) is 24.9 Å². The van der Waals surface area contributed by atoms with E-state index < -0.39 is 0 Å². The summed E-state index contributed by atoms with van der Waals surface area (Å²) < 4.78 is 0. The van der Waals surface area contributed by atoms with Crippen LogP contribution in [0.2, 0.25) is 0 Å². The number of anilines is 1. The van der Waals surface area contributed by atoms with E-state index in [4.69, 9.17) is 0 Å². The maximum atomic E-state index is 12.8. The van der Waals surface area contributed by atoms with E-state index in [9.17, 15) is 14.4 Å². The molecule has 1 unspecified atom stereocenters. The molecule has 6 nitrogen and oxygen atoms in total. The lowest BCUT2D eigenvalue weighted by Crippen LogP contribution is -2.45. The molecule has 2 saturated heterocycles. The first-order valence-corrected chi connectivity index (χ1v) is 8.91. The summed E-state index contributed by atoms with van der Waals surface area (Å²) in [7, 11) is 3.43. The number of rotatable bonds is 3. The van der Waals surface area contributed by atoms with Crippen LogP contribution in [0.3, 0.4) is 0 Å². The van der Waals surface area contributed by atoms with Crippen LogP contribution in [-0.2, 0) is 9.59 Å². The monoisotopic (exact) mass is 343 g/mol. The van der Waals surface area contributed by atoms with Crippen molar-refractivity contribution in [3.05, 3.63) is 29.8 Å². The molecule has 0 aliphatic carbocycles. The Morgan fingerprint density at radius 1 is 1.04 bits per heavy atom. The van der Waals surface area contributed by atoms with Crippen LogP contribution in [0.5, 0.6) is 0 Å². The zero-order valence-corrected chi connectivity index (χ0v) is 14.9. The molecule has 1 aromatic carbocycles. The second-order valence-electron chi connectivity index (χ2n) is 6.94. The van der Waals surface area contributed by atoms with Crippen molar-refractivity contribution in [2.24, 2.45) is 0 Å². The Morgan fingerprint density at radius 3 is 2.40 bits per heavy atom. The first-order valence-electron chi connectivity index (χ1n) is 8.91. The molecule has 3 amide bonds. The van der Waals surface area contributed by atoms with Crippen LogP contribution >= 0.6 is 0 Å². The highest BCUT2D eigenvalue weighted by Crippen LogP contribution is 2.24. The van der Waals surface area contributed by atoms with Gasteiger partial charge in [-0.1, -0.05) is 0 Å². The highest BCUT2D eigenvalue weighted by Gasteiger charge is 2.35. The molecule has 1 aromatic rings. The fourth-order valence-corrected chi connectivity index (χ4v) is 3.59. The Labute approximate surface area is 148 Å². The van der Waals surface area contributed by atoms with Crippen LogP contribution in [0.25, 0.3) is 0 Å². The lowest BCUT2D eigenvalue weighted by Gasteiger charge is -2.28. The highest BCUT2D eigenvalue weighted by molar-refractivity contribution is 5.99. The summed E-state index contributed by atoms with van der Waals surface area (Å²) in [5, 5.41) is 0. The molecule has 0 aromatic heterocycles. The van der Waals surface area contributed by atoms with Gasteiger partial charge in [0, 0.05) is 44.9 Å². The number of carbonyl (C=O) groups is 3. The molecule has 0 N–H and O–H groups in total. The molecule has 3 rings (SSSR count). The number of hydrogen-bond acceptors (Lipinski definition) is 3. The lowest BCUT2D eigenvalue weighted by atomic mass is 10.1. The van der Waals surface area contributed by atoms with E-state index in [1.165, 1.54) is 0 Å². The maximum absolute atomic E-state index is 12.8. The fourth-order valence-electron chi connectivity index (χ4n) is 3.59. The van der Waals surface area contributed by atoms with Gasteiger partial charge in [-0.3, -0.25) is 14.4 Å². The van der Waals surface area contributed by atoms with Gasteiger partial charge >= 0.3 is 0 Å². The van der Waals surface area contributed by atoms with Gasteiger partial charge in [0.15, 0.2) is 0 Å². The summed E-state index contributed by atoms with van der Waals surface area (Å²) >= 11 is 0. The summed E-state index contributed by atoms with van der Waals surface area (Å²) in [5.41, 5.74) is 1.40. The summed E-state index contributed by atoms with van der Waals surface area (Å²) in [6, 6.07) is 6.81. The summed E-state index contributed by atoms with van der Waals surface area (Å²) in [6.45, 7) is 1.34. The SMILES string of the molecule is CN(C)C(=O)C1CCCN1C(=O)c1ccc(N2CCCCC2=O)cc1. The fraction of sp³-hybridized carbons (Fsp3) is 0.526. The van der Waals surface area contributed by atoms with Crippen molar-refractivity contribution in [1.82, 2.24) is 9.80 Å². The molecule has 0 spiro atoms. The Morgan fingerprint density at radius 2 is 1.76 bits per heavy atom. The number of nitrogens with zero attached hydrogens (tertiary/aromatic N) is 3. The number of piperidine rings is 1. The molecule has 1 atom stereocenters. The molecular weight excluding hydrogens is 318 g/mol. The smallest absolute Gasteiger partial charge is 0.254 e. The minimum absolute atomic E-state index is 0.0265. The third kappa shape index (κ3) is 3.52. The zero-order chi connectivity index (χ0) is 18.0. The van der Waals surface area contributed by atoms with Crippen LogP contribution < -0.4 is 4.90 Å². The van der Waals surface area contributed by atoms with Crippen molar-refractivity contribution in [2.75, 3.05) is 32.1 Å². The number of likely N-dealkylation sites (N-methyl/N-ethyl adjacent to an activating group) is 1. The third-order valence-corrected chi connectivity index (χ3v) is 4.99. The quantitative estimate of drug-likeness (QED) is 0.842. The molecule has 2 heterocycles. The highest BCUT2D eigenvalue weighted by atomic mass is 16.2. The van der Waals surface area contributed by atoms with E-state index in [0.717, 1.165) is 31.5 Å². The van der Waals surface area contributed by atoms with Gasteiger partial charge in [0.25, 0.3) is 5.91 Å². The average Bonchev–Trinajstić information content (AvgIpc) is 3.10. The van der Waals surface area contributed by atoms with Gasteiger partial charge in [-0.15, -0.1) is 0 Å². The van der Waals surface area contributed by atoms with Crippen molar-refractivity contribution in [3.63, 3.8) is 0 Å². The summed E-state index contributed by atoms with van der Waals surface area (Å²) in [5.74, 6) is -0.00267. The van der Waals surface area contributed by atoms with Gasteiger partial charge in [-0.25, -0.2) is 0 Å². The van der Waals surface area contributed by atoms with Crippen molar-refractivity contribution in [1.29, 1.82) is 0 Å². The van der Waals surface area contributed by atoms with Gasteiger partial charge in [0.05, 0.1) is 0 Å². The molecule has 25 heavy (non-hydrogen) atoms. The molecule has 0 saturated carbocycles. The van der Waals surface area contributed by atoms with E-state index in [2.05, 4.69) is 0 Å². The summed E-state index contributed by atoms with van der Waals surface area (Å²) in [6.07, 6.45) is 4.10. The van der Waals surface area contributed by atoms with E-state index in [1.807, 2.05) is 12.1 Å². The number of likely N-dealkylation sites (tertiary alicyclic amines) is 1. The van der Waals surface area contributed by atoms with E-state index in [1.54, 1.807) is 40.9 Å². The van der Waals surface area contributed by atoms with Crippen molar-refractivity contribution < 1.29 is 14.4 Å². The topological polar surface area (TPSA) is 60.9 Å². The average molecular weight is 343 g/mol. The van der Waals surface area contributed by atoms with Crippen LogP contribution in [0.1, 0.15) is 42.5 Å². The van der Waals surface area contributed by atoms with Gasteiger partial charge in [-0.05, 0) is 49.9 Å². The Hall–Kier alpha value is -2.37. The molecule has 2 fully saturated rings. The standard InChI is InChI=1S/C19H25N3O3/c1-20(2)19(25)16-6-5-13-22(16)18(24)14-8-10-15(11-9-14)21-12-4-3-7-17(21)23/h8-11,16H,3-7,12-13H2,1-2H3. The number of benzene rings is 1. The van der Waals surface area contributed by atoms with E-state index in [-0.39, 0.29) is 23.8 Å². The molecular formula is C19H25N3O3. The van der Waals surface area contributed by atoms with Crippen LogP contribution in [0, 0.1) is 0 Å². The molecule has 134 valence electrons. The van der Waals surface area contributed by atoms with Gasteiger partial charge < -0.3 is 14.7 Å². The zero-order valence-electron chi connectivity index (χ0n) is 14.9. The number of hydrogen-bond donors (Lipinski definition) is 0. The third-order valence-electron chi connectivity index (χ3n) is 4.99. The minimum Gasteiger partial charge on any atom is -0.347 e. The second kappa shape index (κ2) is 7.25. The van der Waals surface area contributed by atoms with E-state index >= 15 is 0 Å². The van der Waals surface area contributed by atoms with Crippen molar-refractivity contribution >= 4 is 23.4 Å². The normalized spacial score (nSPS) is 20.7. The van der Waals surface area contributed by atoms with Gasteiger partial charge in [0.1, 0.15) is 6.04 Å². The Kier molecular flexibility index (Phi) is 5.06. The van der Waals surface area contributed by atoms with Crippen LogP contribution in [0.4, 0.5) is 5.69 Å². The predicted octanol–water partition coefficient (Wildman–Crippen LogP) is 1.90. The van der Waals surface area contributed by atoms with Crippen molar-refractivity contribution in [3.8, 4) is 0 Å². The first-order chi connectivity index (χ1) is 12.0. The van der Waals surface area contributed by atoms with Gasteiger partial charge in [-0.2, -0.15) is 0 Å². The lowest BCUT2D eigenvalue weighted by molar-refractivity contribution is -0.132. The molecule has 0 radical (unpaired) electrons. The minimum atomic E-state index is -0.370. The Bertz CT molecular complexity index is 669. The predicted molar refractivity (Wildman–Crippen MR) is 95.4 cm³/mol. The largest absolute Gasteiger partial charge is 0.347 e. The Balaban J connectivity index is 1.74. The number of amides is 3. The van der Waals surface area contributed by atoms with Crippen LogP contribution in [-0.4, -0.2) is 60.7 Å². The van der Waals surface area contributed by atoms with Gasteiger partial charge in [0.2, 0.25) is 11.8 Å².